The van der Waals surface area contributed by atoms with Crippen molar-refractivity contribution in [1.82, 2.24) is 14.8 Å². The van der Waals surface area contributed by atoms with Gasteiger partial charge in [-0.3, -0.25) is 9.78 Å². The molecular weight excluding hydrogens is 314 g/mol. The fourth-order valence-electron chi connectivity index (χ4n) is 2.92. The van der Waals surface area contributed by atoms with E-state index in [2.05, 4.69) is 28.2 Å². The van der Waals surface area contributed by atoms with E-state index in [1.807, 2.05) is 23.1 Å². The summed E-state index contributed by atoms with van der Waals surface area (Å²) in [4.78, 5) is 21.1. The number of carbonyl (C=O) groups is 1. The van der Waals surface area contributed by atoms with E-state index in [0.717, 1.165) is 32.7 Å². The molecule has 0 saturated carbocycles. The normalized spacial score (nSPS) is 14.8. The zero-order valence-electron chi connectivity index (χ0n) is 14.3. The van der Waals surface area contributed by atoms with E-state index in [9.17, 15) is 10.1 Å². The monoisotopic (exact) mass is 335 g/mol. The molecule has 6 nitrogen and oxygen atoms in total. The summed E-state index contributed by atoms with van der Waals surface area (Å²) < 4.78 is 0. The Bertz CT molecular complexity index is 790. The molecule has 2 heterocycles. The topological polar surface area (TPSA) is 72.3 Å². The molecule has 0 aliphatic carbocycles. The summed E-state index contributed by atoms with van der Waals surface area (Å²) in [5, 5.41) is 12.4. The molecule has 0 bridgehead atoms. The van der Waals surface area contributed by atoms with Gasteiger partial charge >= 0.3 is 0 Å². The van der Waals surface area contributed by atoms with Gasteiger partial charge in [-0.25, -0.2) is 0 Å². The third-order valence-electron chi connectivity index (χ3n) is 4.42. The largest absolute Gasteiger partial charge is 0.353 e. The third-order valence-corrected chi connectivity index (χ3v) is 4.42. The number of piperazine rings is 1. The number of carbonyl (C=O) groups excluding carboxylic acids is 1. The van der Waals surface area contributed by atoms with Crippen molar-refractivity contribution in [3.8, 4) is 6.07 Å². The smallest absolute Gasteiger partial charge is 0.255 e. The highest BCUT2D eigenvalue weighted by atomic mass is 16.2. The van der Waals surface area contributed by atoms with Crippen molar-refractivity contribution in [2.45, 2.75) is 6.92 Å². The maximum Gasteiger partial charge on any atom is 0.255 e. The molecule has 128 valence electrons. The number of likely N-dealkylation sites (N-methyl/N-ethyl adjacent to an activating group) is 1. The SMILES string of the molecule is CCN1CCN(C(=O)c2cncc(Nc3ccccc3C#N)c2)CC1. The van der Waals surface area contributed by atoms with E-state index in [1.54, 1.807) is 24.5 Å². The van der Waals surface area contributed by atoms with E-state index in [-0.39, 0.29) is 5.91 Å². The molecule has 1 aromatic heterocycles. The molecule has 1 aliphatic rings. The van der Waals surface area contributed by atoms with Gasteiger partial charge < -0.3 is 15.1 Å². The van der Waals surface area contributed by atoms with Crippen LogP contribution in [0.3, 0.4) is 0 Å². The highest BCUT2D eigenvalue weighted by Gasteiger charge is 2.21. The van der Waals surface area contributed by atoms with Crippen molar-refractivity contribution in [1.29, 1.82) is 5.26 Å². The Morgan fingerprint density at radius 1 is 1.24 bits per heavy atom. The van der Waals surface area contributed by atoms with Crippen LogP contribution in [0.5, 0.6) is 0 Å². The van der Waals surface area contributed by atoms with Crippen LogP contribution in [0.1, 0.15) is 22.8 Å². The van der Waals surface area contributed by atoms with Gasteiger partial charge in [0.1, 0.15) is 6.07 Å². The molecule has 1 N–H and O–H groups in total. The zero-order valence-corrected chi connectivity index (χ0v) is 14.3. The minimum absolute atomic E-state index is 0.000436. The summed E-state index contributed by atoms with van der Waals surface area (Å²) in [5.41, 5.74) is 2.51. The van der Waals surface area contributed by atoms with Gasteiger partial charge in [0, 0.05) is 32.4 Å². The number of hydrogen-bond acceptors (Lipinski definition) is 5. The van der Waals surface area contributed by atoms with Crippen molar-refractivity contribution in [2.24, 2.45) is 0 Å². The van der Waals surface area contributed by atoms with Gasteiger partial charge in [0.25, 0.3) is 5.91 Å². The van der Waals surface area contributed by atoms with E-state index >= 15 is 0 Å². The average molecular weight is 335 g/mol. The second kappa shape index (κ2) is 7.77. The van der Waals surface area contributed by atoms with Crippen LogP contribution in [0.2, 0.25) is 0 Å². The molecule has 1 amide bonds. The lowest BCUT2D eigenvalue weighted by Crippen LogP contribution is -2.48. The van der Waals surface area contributed by atoms with Crippen LogP contribution in [0.4, 0.5) is 11.4 Å². The molecule has 0 radical (unpaired) electrons. The first-order valence-electron chi connectivity index (χ1n) is 8.44. The number of nitrogens with zero attached hydrogens (tertiary/aromatic N) is 4. The van der Waals surface area contributed by atoms with Crippen LogP contribution >= 0.6 is 0 Å². The Balaban J connectivity index is 1.73. The molecule has 6 heteroatoms. The van der Waals surface area contributed by atoms with Gasteiger partial charge in [0.15, 0.2) is 0 Å². The summed E-state index contributed by atoms with van der Waals surface area (Å²) >= 11 is 0. The predicted octanol–water partition coefficient (Wildman–Crippen LogP) is 2.47. The number of nitrogens with one attached hydrogen (secondary N) is 1. The summed E-state index contributed by atoms with van der Waals surface area (Å²) in [6, 6.07) is 11.2. The second-order valence-corrected chi connectivity index (χ2v) is 5.97. The number of anilines is 2. The number of amides is 1. The number of aromatic nitrogens is 1. The van der Waals surface area contributed by atoms with Gasteiger partial charge in [-0.2, -0.15) is 5.26 Å². The lowest BCUT2D eigenvalue weighted by Gasteiger charge is -2.34. The fourth-order valence-corrected chi connectivity index (χ4v) is 2.92. The summed E-state index contributed by atoms with van der Waals surface area (Å²) in [6.07, 6.45) is 3.25. The summed E-state index contributed by atoms with van der Waals surface area (Å²) in [6.45, 7) is 6.44. The standard InChI is InChI=1S/C19H21N5O/c1-2-23-7-9-24(10-8-23)19(25)16-11-17(14-21-13-16)22-18-6-4-3-5-15(18)12-20/h3-6,11,13-14,22H,2,7-10H2,1H3. The Hall–Kier alpha value is -2.91. The van der Waals surface area contributed by atoms with Crippen molar-refractivity contribution in [3.63, 3.8) is 0 Å². The maximum atomic E-state index is 12.7. The number of pyridine rings is 1. The molecular formula is C19H21N5O. The Morgan fingerprint density at radius 2 is 2.00 bits per heavy atom. The Labute approximate surface area is 147 Å². The third kappa shape index (κ3) is 3.95. The van der Waals surface area contributed by atoms with Crippen LogP contribution in [-0.2, 0) is 0 Å². The fraction of sp³-hybridized carbons (Fsp3) is 0.316. The van der Waals surface area contributed by atoms with E-state index < -0.39 is 0 Å². The Kier molecular flexibility index (Phi) is 5.26. The molecule has 3 rings (SSSR count). The van der Waals surface area contributed by atoms with E-state index in [4.69, 9.17) is 0 Å². The van der Waals surface area contributed by atoms with Crippen LogP contribution in [0.15, 0.2) is 42.7 Å². The lowest BCUT2D eigenvalue weighted by molar-refractivity contribution is 0.0643. The van der Waals surface area contributed by atoms with Gasteiger partial charge in [-0.1, -0.05) is 19.1 Å². The van der Waals surface area contributed by atoms with Gasteiger partial charge in [-0.15, -0.1) is 0 Å². The molecule has 1 saturated heterocycles. The minimum atomic E-state index is 0.000436. The van der Waals surface area contributed by atoms with Gasteiger partial charge in [-0.05, 0) is 24.7 Å². The average Bonchev–Trinajstić information content (AvgIpc) is 2.68. The van der Waals surface area contributed by atoms with Gasteiger partial charge in [0.2, 0.25) is 0 Å². The van der Waals surface area contributed by atoms with Crippen LogP contribution in [-0.4, -0.2) is 53.4 Å². The lowest BCUT2D eigenvalue weighted by atomic mass is 10.1. The summed E-state index contributed by atoms with van der Waals surface area (Å²) in [7, 11) is 0. The molecule has 1 fully saturated rings. The molecule has 0 atom stereocenters. The number of para-hydroxylation sites is 1. The molecule has 1 aliphatic heterocycles. The second-order valence-electron chi connectivity index (χ2n) is 5.97. The highest BCUT2D eigenvalue weighted by molar-refractivity contribution is 5.95. The first-order chi connectivity index (χ1) is 12.2. The number of benzene rings is 1. The molecule has 25 heavy (non-hydrogen) atoms. The van der Waals surface area contributed by atoms with Crippen LogP contribution in [0, 0.1) is 11.3 Å². The molecule has 2 aromatic rings. The number of hydrogen-bond donors (Lipinski definition) is 1. The summed E-state index contributed by atoms with van der Waals surface area (Å²) in [5.74, 6) is 0.000436. The molecule has 1 aromatic carbocycles. The van der Waals surface area contributed by atoms with Crippen molar-refractivity contribution in [2.75, 3.05) is 38.0 Å². The van der Waals surface area contributed by atoms with E-state index in [0.29, 0.717) is 22.5 Å². The van der Waals surface area contributed by atoms with Crippen LogP contribution < -0.4 is 5.32 Å². The quantitative estimate of drug-likeness (QED) is 0.929. The Morgan fingerprint density at radius 3 is 2.72 bits per heavy atom. The molecule has 0 unspecified atom stereocenters. The number of nitriles is 1. The van der Waals surface area contributed by atoms with Crippen molar-refractivity contribution in [3.05, 3.63) is 53.9 Å². The van der Waals surface area contributed by atoms with Crippen molar-refractivity contribution >= 4 is 17.3 Å². The first-order valence-corrected chi connectivity index (χ1v) is 8.44. The highest BCUT2D eigenvalue weighted by Crippen LogP contribution is 2.21. The predicted molar refractivity (Wildman–Crippen MR) is 96.7 cm³/mol. The van der Waals surface area contributed by atoms with Gasteiger partial charge in [0.05, 0.1) is 28.7 Å². The van der Waals surface area contributed by atoms with E-state index in [1.165, 1.54) is 0 Å². The maximum absolute atomic E-state index is 12.7. The minimum Gasteiger partial charge on any atom is -0.353 e. The molecule has 0 spiro atoms. The zero-order chi connectivity index (χ0) is 17.6. The van der Waals surface area contributed by atoms with Crippen molar-refractivity contribution < 1.29 is 4.79 Å². The van der Waals surface area contributed by atoms with Crippen LogP contribution in [0.25, 0.3) is 0 Å². The first kappa shape index (κ1) is 16.9. The number of rotatable bonds is 4.